The van der Waals surface area contributed by atoms with Crippen molar-refractivity contribution in [2.24, 2.45) is 0 Å². The highest BCUT2D eigenvalue weighted by molar-refractivity contribution is 7.89. The van der Waals surface area contributed by atoms with Crippen LogP contribution in [0.1, 0.15) is 32.1 Å². The molecular formula is C19H25N3O3S2. The first-order chi connectivity index (χ1) is 13.1. The van der Waals surface area contributed by atoms with E-state index in [1.807, 2.05) is 17.5 Å². The number of hydrogen-bond acceptors (Lipinski definition) is 6. The minimum Gasteiger partial charge on any atom is -0.376 e. The highest BCUT2D eigenvalue weighted by atomic mass is 32.2. The zero-order valence-electron chi connectivity index (χ0n) is 15.3. The van der Waals surface area contributed by atoms with Gasteiger partial charge in [0.25, 0.3) is 0 Å². The van der Waals surface area contributed by atoms with Crippen LogP contribution in [0, 0.1) is 0 Å². The minimum atomic E-state index is -3.38. The summed E-state index contributed by atoms with van der Waals surface area (Å²) in [6, 6.07) is 7.07. The number of thiazole rings is 1. The molecule has 0 amide bonds. The van der Waals surface area contributed by atoms with Crippen LogP contribution in [0.25, 0.3) is 11.3 Å². The smallest absolute Gasteiger partial charge is 0.243 e. The number of rotatable bonds is 6. The van der Waals surface area contributed by atoms with Gasteiger partial charge in [-0.1, -0.05) is 18.6 Å². The molecule has 27 heavy (non-hydrogen) atoms. The molecule has 2 saturated heterocycles. The van der Waals surface area contributed by atoms with E-state index in [0.29, 0.717) is 18.0 Å². The number of anilines is 1. The molecule has 0 saturated carbocycles. The molecule has 0 aliphatic carbocycles. The van der Waals surface area contributed by atoms with Crippen LogP contribution in [0.2, 0.25) is 0 Å². The third-order valence-electron chi connectivity index (χ3n) is 5.11. The largest absolute Gasteiger partial charge is 0.376 e. The van der Waals surface area contributed by atoms with Crippen molar-refractivity contribution < 1.29 is 13.2 Å². The molecule has 0 unspecified atom stereocenters. The van der Waals surface area contributed by atoms with E-state index in [4.69, 9.17) is 4.74 Å². The topological polar surface area (TPSA) is 71.5 Å². The quantitative estimate of drug-likeness (QED) is 0.793. The first-order valence-electron chi connectivity index (χ1n) is 9.54. The van der Waals surface area contributed by atoms with Crippen LogP contribution < -0.4 is 5.32 Å². The van der Waals surface area contributed by atoms with Gasteiger partial charge in [0, 0.05) is 37.2 Å². The van der Waals surface area contributed by atoms with Crippen molar-refractivity contribution in [1.82, 2.24) is 9.29 Å². The molecule has 2 aliphatic heterocycles. The molecule has 0 spiro atoms. The second-order valence-electron chi connectivity index (χ2n) is 7.04. The normalized spacial score (nSPS) is 21.4. The predicted octanol–water partition coefficient (Wildman–Crippen LogP) is 3.58. The Labute approximate surface area is 164 Å². The Hall–Kier alpha value is -1.48. The Morgan fingerprint density at radius 3 is 2.63 bits per heavy atom. The first kappa shape index (κ1) is 18.9. The van der Waals surface area contributed by atoms with E-state index < -0.39 is 10.0 Å². The van der Waals surface area contributed by atoms with Crippen molar-refractivity contribution >= 4 is 26.5 Å². The molecule has 1 atom stereocenters. The van der Waals surface area contributed by atoms with Crippen LogP contribution in [0.15, 0.2) is 34.5 Å². The number of nitrogens with one attached hydrogen (secondary N) is 1. The Bertz CT molecular complexity index is 853. The lowest BCUT2D eigenvalue weighted by atomic mass is 10.2. The molecule has 8 heteroatoms. The summed E-state index contributed by atoms with van der Waals surface area (Å²) in [7, 11) is -3.38. The van der Waals surface area contributed by atoms with Crippen LogP contribution in [-0.2, 0) is 14.8 Å². The molecule has 1 aromatic heterocycles. The number of piperidine rings is 1. The number of nitrogens with zero attached hydrogens (tertiary/aromatic N) is 2. The van der Waals surface area contributed by atoms with Crippen molar-refractivity contribution in [2.75, 3.05) is 31.6 Å². The fraction of sp³-hybridized carbons (Fsp3) is 0.526. The van der Waals surface area contributed by atoms with Gasteiger partial charge in [0.2, 0.25) is 10.0 Å². The third kappa shape index (κ3) is 4.34. The molecule has 0 bridgehead atoms. The highest BCUT2D eigenvalue weighted by Crippen LogP contribution is 2.27. The predicted molar refractivity (Wildman–Crippen MR) is 108 cm³/mol. The van der Waals surface area contributed by atoms with E-state index in [0.717, 1.165) is 61.6 Å². The van der Waals surface area contributed by atoms with Crippen molar-refractivity contribution in [3.63, 3.8) is 0 Å². The number of hydrogen-bond donors (Lipinski definition) is 1. The molecule has 0 radical (unpaired) electrons. The second kappa shape index (κ2) is 8.26. The van der Waals surface area contributed by atoms with E-state index in [1.165, 1.54) is 0 Å². The van der Waals surface area contributed by atoms with E-state index in [9.17, 15) is 8.42 Å². The summed E-state index contributed by atoms with van der Waals surface area (Å²) in [5, 5.41) is 6.19. The fourth-order valence-corrected chi connectivity index (χ4v) is 5.79. The van der Waals surface area contributed by atoms with Gasteiger partial charge in [-0.2, -0.15) is 4.31 Å². The van der Waals surface area contributed by atoms with Crippen LogP contribution in [0.3, 0.4) is 0 Å². The Balaban J connectivity index is 1.42. The summed E-state index contributed by atoms with van der Waals surface area (Å²) in [5.41, 5.74) is 1.78. The molecular weight excluding hydrogens is 382 g/mol. The average molecular weight is 408 g/mol. The van der Waals surface area contributed by atoms with E-state index in [1.54, 1.807) is 27.8 Å². The number of ether oxygens (including phenoxy) is 1. The lowest BCUT2D eigenvalue weighted by Gasteiger charge is -2.25. The molecule has 6 nitrogen and oxygen atoms in total. The highest BCUT2D eigenvalue weighted by Gasteiger charge is 2.25. The van der Waals surface area contributed by atoms with Crippen molar-refractivity contribution in [1.29, 1.82) is 0 Å². The molecule has 2 aromatic rings. The van der Waals surface area contributed by atoms with Crippen LogP contribution in [0.4, 0.5) is 5.13 Å². The summed E-state index contributed by atoms with van der Waals surface area (Å²) in [6.45, 7) is 2.87. The lowest BCUT2D eigenvalue weighted by Crippen LogP contribution is -2.35. The van der Waals surface area contributed by atoms with Gasteiger partial charge in [-0.15, -0.1) is 11.3 Å². The van der Waals surface area contributed by atoms with Crippen molar-refractivity contribution in [2.45, 2.75) is 43.1 Å². The summed E-state index contributed by atoms with van der Waals surface area (Å²) in [4.78, 5) is 4.98. The molecule has 2 aliphatic rings. The molecule has 4 rings (SSSR count). The molecule has 146 valence electrons. The van der Waals surface area contributed by atoms with Gasteiger partial charge in [0.05, 0.1) is 16.7 Å². The van der Waals surface area contributed by atoms with Crippen molar-refractivity contribution in [3.05, 3.63) is 29.6 Å². The van der Waals surface area contributed by atoms with E-state index in [2.05, 4.69) is 10.3 Å². The van der Waals surface area contributed by atoms with E-state index >= 15 is 0 Å². The maximum Gasteiger partial charge on any atom is 0.243 e. The molecule has 3 heterocycles. The maximum atomic E-state index is 12.7. The van der Waals surface area contributed by atoms with E-state index in [-0.39, 0.29) is 6.10 Å². The van der Waals surface area contributed by atoms with Gasteiger partial charge in [-0.3, -0.25) is 0 Å². The summed E-state index contributed by atoms with van der Waals surface area (Å²) in [6.07, 6.45) is 5.49. The Morgan fingerprint density at radius 2 is 1.93 bits per heavy atom. The summed E-state index contributed by atoms with van der Waals surface area (Å²) in [5.74, 6) is 0. The SMILES string of the molecule is O=S(=O)(c1ccc(-c2csc(NC[C@@H]3CCCO3)n2)cc1)N1CCCCC1. The minimum absolute atomic E-state index is 0.275. The van der Waals surface area contributed by atoms with Crippen molar-refractivity contribution in [3.8, 4) is 11.3 Å². The van der Waals surface area contributed by atoms with Gasteiger partial charge in [0.15, 0.2) is 5.13 Å². The van der Waals surface area contributed by atoms with Gasteiger partial charge in [0.1, 0.15) is 0 Å². The second-order valence-corrected chi connectivity index (χ2v) is 9.84. The van der Waals surface area contributed by atoms with Crippen LogP contribution >= 0.6 is 11.3 Å². The zero-order valence-corrected chi connectivity index (χ0v) is 16.9. The summed E-state index contributed by atoms with van der Waals surface area (Å²) < 4.78 is 32.7. The van der Waals surface area contributed by atoms with Gasteiger partial charge < -0.3 is 10.1 Å². The fourth-order valence-electron chi connectivity index (χ4n) is 3.55. The molecule has 2 fully saturated rings. The van der Waals surface area contributed by atoms with Crippen LogP contribution in [-0.4, -0.2) is 50.1 Å². The van der Waals surface area contributed by atoms with Gasteiger partial charge in [-0.25, -0.2) is 13.4 Å². The van der Waals surface area contributed by atoms with Gasteiger partial charge in [-0.05, 0) is 37.8 Å². The maximum absolute atomic E-state index is 12.7. The monoisotopic (exact) mass is 407 g/mol. The third-order valence-corrected chi connectivity index (χ3v) is 7.82. The Morgan fingerprint density at radius 1 is 1.15 bits per heavy atom. The van der Waals surface area contributed by atoms with Gasteiger partial charge >= 0.3 is 0 Å². The zero-order chi connectivity index (χ0) is 18.7. The standard InChI is InChI=1S/C19H25N3O3S2/c23-27(24,22-10-2-1-3-11-22)17-8-6-15(7-9-17)18-14-26-19(21-18)20-13-16-5-4-12-25-16/h6-9,14,16H,1-5,10-13H2,(H,20,21)/t16-/m0/s1. The van der Waals surface area contributed by atoms with Crippen LogP contribution in [0.5, 0.6) is 0 Å². The molecule has 1 N–H and O–H groups in total. The first-order valence-corrected chi connectivity index (χ1v) is 11.9. The number of sulfonamides is 1. The number of aromatic nitrogens is 1. The molecule has 1 aromatic carbocycles. The lowest BCUT2D eigenvalue weighted by molar-refractivity contribution is 0.120. The average Bonchev–Trinajstić information content (AvgIpc) is 3.39. The number of benzene rings is 1. The summed E-state index contributed by atoms with van der Waals surface area (Å²) >= 11 is 1.56. The Kier molecular flexibility index (Phi) is 5.77.